The average Bonchev–Trinajstić information content (AvgIpc) is 3.36. The second kappa shape index (κ2) is 7.67. The first-order valence-electron chi connectivity index (χ1n) is 8.64. The van der Waals surface area contributed by atoms with Gasteiger partial charge in [0.15, 0.2) is 5.13 Å². The van der Waals surface area contributed by atoms with Gasteiger partial charge in [-0.05, 0) is 30.9 Å². The van der Waals surface area contributed by atoms with Crippen LogP contribution < -0.4 is 10.6 Å². The van der Waals surface area contributed by atoms with Gasteiger partial charge in [-0.15, -0.1) is 11.3 Å². The van der Waals surface area contributed by atoms with E-state index in [2.05, 4.69) is 25.7 Å². The highest BCUT2D eigenvalue weighted by Gasteiger charge is 2.26. The van der Waals surface area contributed by atoms with Crippen LogP contribution in [-0.2, 0) is 13.0 Å². The van der Waals surface area contributed by atoms with Crippen molar-refractivity contribution in [2.45, 2.75) is 19.4 Å². The summed E-state index contributed by atoms with van der Waals surface area (Å²) in [7, 11) is 0. The lowest BCUT2D eigenvalue weighted by atomic mass is 9.94. The van der Waals surface area contributed by atoms with Crippen LogP contribution in [0.3, 0.4) is 0 Å². The van der Waals surface area contributed by atoms with E-state index in [9.17, 15) is 9.59 Å². The van der Waals surface area contributed by atoms with Crippen LogP contribution in [0.5, 0.6) is 0 Å². The summed E-state index contributed by atoms with van der Waals surface area (Å²) in [5, 5.41) is 12.5. The van der Waals surface area contributed by atoms with Crippen LogP contribution in [-0.4, -0.2) is 38.1 Å². The van der Waals surface area contributed by atoms with E-state index in [4.69, 9.17) is 0 Å². The Labute approximate surface area is 159 Å². The number of anilines is 1. The lowest BCUT2D eigenvalue weighted by molar-refractivity contribution is 0.0942. The van der Waals surface area contributed by atoms with Crippen molar-refractivity contribution in [3.8, 4) is 0 Å². The SMILES string of the molecule is O=C(NC[C@@H]1CCn2ncc(C(=O)Nc3nccs3)c2C1)c1cccnc1. The number of carbonyl (C=O) groups is 2. The Morgan fingerprint density at radius 2 is 2.19 bits per heavy atom. The Morgan fingerprint density at radius 1 is 1.26 bits per heavy atom. The molecular weight excluding hydrogens is 364 g/mol. The molecule has 0 aromatic carbocycles. The van der Waals surface area contributed by atoms with E-state index < -0.39 is 0 Å². The van der Waals surface area contributed by atoms with E-state index in [1.165, 1.54) is 11.3 Å². The van der Waals surface area contributed by atoms with Gasteiger partial charge in [0.05, 0.1) is 23.0 Å². The zero-order valence-electron chi connectivity index (χ0n) is 14.5. The summed E-state index contributed by atoms with van der Waals surface area (Å²) in [6.45, 7) is 1.28. The van der Waals surface area contributed by atoms with Gasteiger partial charge in [0.2, 0.25) is 0 Å². The summed E-state index contributed by atoms with van der Waals surface area (Å²) in [5.74, 6) is -0.0867. The first-order valence-corrected chi connectivity index (χ1v) is 9.52. The molecule has 138 valence electrons. The first kappa shape index (κ1) is 17.3. The third-order valence-corrected chi connectivity index (χ3v) is 5.24. The molecule has 0 unspecified atom stereocenters. The van der Waals surface area contributed by atoms with Crippen molar-refractivity contribution in [2.24, 2.45) is 5.92 Å². The molecule has 1 aliphatic rings. The summed E-state index contributed by atoms with van der Waals surface area (Å²) in [6, 6.07) is 3.47. The molecule has 9 heteroatoms. The topological polar surface area (TPSA) is 102 Å². The minimum Gasteiger partial charge on any atom is -0.352 e. The molecular formula is C18H18N6O2S. The van der Waals surface area contributed by atoms with Crippen molar-refractivity contribution in [2.75, 3.05) is 11.9 Å². The number of hydrogen-bond acceptors (Lipinski definition) is 6. The second-order valence-electron chi connectivity index (χ2n) is 6.33. The van der Waals surface area contributed by atoms with Crippen LogP contribution in [0, 0.1) is 5.92 Å². The van der Waals surface area contributed by atoms with Gasteiger partial charge >= 0.3 is 0 Å². The normalized spacial score (nSPS) is 15.8. The van der Waals surface area contributed by atoms with Crippen LogP contribution in [0.1, 0.15) is 32.8 Å². The van der Waals surface area contributed by atoms with Crippen molar-refractivity contribution in [1.82, 2.24) is 25.1 Å². The van der Waals surface area contributed by atoms with Crippen molar-refractivity contribution in [3.63, 3.8) is 0 Å². The molecule has 27 heavy (non-hydrogen) atoms. The lowest BCUT2D eigenvalue weighted by Crippen LogP contribution is -2.33. The number of pyridine rings is 1. The predicted octanol–water partition coefficient (Wildman–Crippen LogP) is 1.98. The summed E-state index contributed by atoms with van der Waals surface area (Å²) >= 11 is 1.37. The first-order chi connectivity index (χ1) is 13.2. The molecule has 0 fully saturated rings. The molecule has 0 radical (unpaired) electrons. The van der Waals surface area contributed by atoms with Gasteiger partial charge in [-0.1, -0.05) is 0 Å². The van der Waals surface area contributed by atoms with Gasteiger partial charge in [0.25, 0.3) is 11.8 Å². The molecule has 8 nitrogen and oxygen atoms in total. The van der Waals surface area contributed by atoms with E-state index in [1.54, 1.807) is 36.9 Å². The quantitative estimate of drug-likeness (QED) is 0.703. The molecule has 2 N–H and O–H groups in total. The molecule has 2 amide bonds. The number of aryl methyl sites for hydroxylation is 1. The van der Waals surface area contributed by atoms with E-state index in [0.717, 1.165) is 18.7 Å². The number of hydrogen-bond donors (Lipinski definition) is 2. The molecule has 0 bridgehead atoms. The van der Waals surface area contributed by atoms with Gasteiger partial charge in [-0.3, -0.25) is 24.6 Å². The highest BCUT2D eigenvalue weighted by molar-refractivity contribution is 7.13. The minimum atomic E-state index is -0.203. The van der Waals surface area contributed by atoms with Crippen molar-refractivity contribution in [3.05, 3.63) is 59.1 Å². The molecule has 0 aliphatic carbocycles. The van der Waals surface area contributed by atoms with Crippen molar-refractivity contribution < 1.29 is 9.59 Å². The maximum Gasteiger partial charge on any atom is 0.260 e. The smallest absolute Gasteiger partial charge is 0.260 e. The zero-order valence-corrected chi connectivity index (χ0v) is 15.3. The van der Waals surface area contributed by atoms with Crippen LogP contribution in [0.2, 0.25) is 0 Å². The lowest BCUT2D eigenvalue weighted by Gasteiger charge is -2.24. The van der Waals surface area contributed by atoms with Crippen LogP contribution in [0.25, 0.3) is 0 Å². The molecule has 0 saturated carbocycles. The molecule has 0 saturated heterocycles. The summed E-state index contributed by atoms with van der Waals surface area (Å²) in [4.78, 5) is 32.8. The largest absolute Gasteiger partial charge is 0.352 e. The highest BCUT2D eigenvalue weighted by Crippen LogP contribution is 2.24. The second-order valence-corrected chi connectivity index (χ2v) is 7.22. The van der Waals surface area contributed by atoms with Crippen molar-refractivity contribution >= 4 is 28.3 Å². The zero-order chi connectivity index (χ0) is 18.6. The molecule has 0 spiro atoms. The Balaban J connectivity index is 1.40. The molecule has 3 aromatic heterocycles. The van der Waals surface area contributed by atoms with Gasteiger partial charge in [0, 0.05) is 37.1 Å². The monoisotopic (exact) mass is 382 g/mol. The Kier molecular flexibility index (Phi) is 4.93. The maximum absolute atomic E-state index is 12.5. The molecule has 4 rings (SSSR count). The van der Waals surface area contributed by atoms with Crippen LogP contribution >= 0.6 is 11.3 Å². The number of fused-ring (bicyclic) bond motifs is 1. The fourth-order valence-corrected chi connectivity index (χ4v) is 3.67. The van der Waals surface area contributed by atoms with E-state index >= 15 is 0 Å². The number of carbonyl (C=O) groups excluding carboxylic acids is 2. The number of rotatable bonds is 5. The van der Waals surface area contributed by atoms with Gasteiger partial charge in [0.1, 0.15) is 0 Å². The molecule has 1 atom stereocenters. The highest BCUT2D eigenvalue weighted by atomic mass is 32.1. The Hall–Kier alpha value is -3.07. The number of nitrogens with one attached hydrogen (secondary N) is 2. The van der Waals surface area contributed by atoms with Gasteiger partial charge < -0.3 is 5.32 Å². The Morgan fingerprint density at radius 3 is 2.96 bits per heavy atom. The molecule has 1 aliphatic heterocycles. The molecule has 3 aromatic rings. The summed E-state index contributed by atoms with van der Waals surface area (Å²) in [5.41, 5.74) is 2.01. The fourth-order valence-electron chi connectivity index (χ4n) is 3.15. The number of nitrogens with zero attached hydrogens (tertiary/aromatic N) is 4. The molecule has 4 heterocycles. The fraction of sp³-hybridized carbons (Fsp3) is 0.278. The number of amides is 2. The third kappa shape index (κ3) is 3.87. The average molecular weight is 382 g/mol. The standard InChI is InChI=1S/C18H18N6O2S/c25-16(13-2-1-4-19-10-13)21-9-12-3-6-24-15(8-12)14(11-22-24)17(26)23-18-20-5-7-27-18/h1-2,4-5,7,10-12H,3,6,8-9H2,(H,21,25)(H,20,23,26)/t12-/m1/s1. The maximum atomic E-state index is 12.5. The minimum absolute atomic E-state index is 0.135. The predicted molar refractivity (Wildman–Crippen MR) is 101 cm³/mol. The van der Waals surface area contributed by atoms with E-state index in [0.29, 0.717) is 29.2 Å². The van der Waals surface area contributed by atoms with Gasteiger partial charge in [-0.2, -0.15) is 5.10 Å². The summed E-state index contributed by atoms with van der Waals surface area (Å²) in [6.07, 6.45) is 8.02. The van der Waals surface area contributed by atoms with E-state index in [1.807, 2.05) is 10.1 Å². The third-order valence-electron chi connectivity index (χ3n) is 4.55. The summed E-state index contributed by atoms with van der Waals surface area (Å²) < 4.78 is 1.87. The van der Waals surface area contributed by atoms with Gasteiger partial charge in [-0.25, -0.2) is 4.98 Å². The van der Waals surface area contributed by atoms with E-state index in [-0.39, 0.29) is 17.7 Å². The van der Waals surface area contributed by atoms with Crippen LogP contribution in [0.4, 0.5) is 5.13 Å². The van der Waals surface area contributed by atoms with Crippen LogP contribution in [0.15, 0.2) is 42.3 Å². The van der Waals surface area contributed by atoms with Crippen molar-refractivity contribution in [1.29, 1.82) is 0 Å². The number of thiazole rings is 1. The Bertz CT molecular complexity index is 938. The number of aromatic nitrogens is 4.